The molecule has 0 bridgehead atoms. The zero-order valence-electron chi connectivity index (χ0n) is 9.92. The van der Waals surface area contributed by atoms with Crippen molar-refractivity contribution in [1.82, 2.24) is 5.16 Å². The van der Waals surface area contributed by atoms with E-state index in [0.29, 0.717) is 12.1 Å². The highest BCUT2D eigenvalue weighted by molar-refractivity contribution is 7.90. The molecule has 2 aromatic rings. The van der Waals surface area contributed by atoms with Gasteiger partial charge in [-0.3, -0.25) is 0 Å². The Balaban J connectivity index is 2.59. The molecule has 0 fully saturated rings. The summed E-state index contributed by atoms with van der Waals surface area (Å²) in [5.41, 5.74) is -0.648. The highest BCUT2D eigenvalue weighted by atomic mass is 32.2. The van der Waals surface area contributed by atoms with Crippen LogP contribution in [-0.2, 0) is 9.84 Å². The molecule has 0 saturated heterocycles. The number of halogens is 2. The first-order valence-electron chi connectivity index (χ1n) is 5.09. The van der Waals surface area contributed by atoms with Crippen LogP contribution < -0.4 is 0 Å². The third-order valence-electron chi connectivity index (χ3n) is 2.42. The molecule has 1 N–H and O–H groups in total. The van der Waals surface area contributed by atoms with Gasteiger partial charge in [-0.15, -0.1) is 0 Å². The lowest BCUT2D eigenvalue weighted by Gasteiger charge is -2.04. The van der Waals surface area contributed by atoms with Gasteiger partial charge in [0.05, 0.1) is 0 Å². The predicted molar refractivity (Wildman–Crippen MR) is 61.9 cm³/mol. The number of hydrogen-bond donors (Lipinski definition) is 1. The molecule has 0 spiro atoms. The number of sulfone groups is 1. The molecule has 0 saturated carbocycles. The summed E-state index contributed by atoms with van der Waals surface area (Å²) >= 11 is 0. The second kappa shape index (κ2) is 4.67. The van der Waals surface area contributed by atoms with Crippen LogP contribution in [0.1, 0.15) is 10.6 Å². The molecule has 0 unspecified atom stereocenters. The molecule has 1 aromatic carbocycles. The van der Waals surface area contributed by atoms with E-state index in [9.17, 15) is 22.0 Å². The Kier molecular flexibility index (Phi) is 3.30. The van der Waals surface area contributed by atoms with Crippen molar-refractivity contribution in [1.29, 1.82) is 0 Å². The van der Waals surface area contributed by atoms with E-state index in [-0.39, 0.29) is 5.69 Å². The Labute approximate surface area is 111 Å². The maximum atomic E-state index is 13.8. The van der Waals surface area contributed by atoms with Gasteiger partial charge in [0, 0.05) is 17.9 Å². The summed E-state index contributed by atoms with van der Waals surface area (Å²) in [5, 5.41) is 11.9. The van der Waals surface area contributed by atoms with E-state index in [1.54, 1.807) is 0 Å². The van der Waals surface area contributed by atoms with Crippen molar-refractivity contribution in [3.05, 3.63) is 35.6 Å². The van der Waals surface area contributed by atoms with Crippen LogP contribution in [0.3, 0.4) is 0 Å². The monoisotopic (exact) mass is 303 g/mol. The number of carboxylic acids is 1. The number of aromatic carboxylic acids is 1. The largest absolute Gasteiger partial charge is 0.475 e. The van der Waals surface area contributed by atoms with Crippen LogP contribution in [0.25, 0.3) is 11.3 Å². The van der Waals surface area contributed by atoms with Crippen LogP contribution >= 0.6 is 0 Å². The van der Waals surface area contributed by atoms with Gasteiger partial charge in [-0.05, 0) is 12.1 Å². The summed E-state index contributed by atoms with van der Waals surface area (Å²) < 4.78 is 54.3. The second-order valence-electron chi connectivity index (χ2n) is 3.92. The van der Waals surface area contributed by atoms with Crippen LogP contribution in [0.2, 0.25) is 0 Å². The molecule has 1 heterocycles. The van der Waals surface area contributed by atoms with Crippen LogP contribution in [0.4, 0.5) is 8.78 Å². The lowest BCUT2D eigenvalue weighted by molar-refractivity contribution is 0.0652. The van der Waals surface area contributed by atoms with Crippen LogP contribution in [0, 0.1) is 11.6 Å². The fourth-order valence-corrected chi connectivity index (χ4v) is 2.24. The van der Waals surface area contributed by atoms with Gasteiger partial charge in [0.1, 0.15) is 22.2 Å². The SMILES string of the molecule is CS(=O)(=O)c1cc(F)c(-c2cc(C(=O)O)on2)cc1F. The molecule has 1 aromatic heterocycles. The molecule has 6 nitrogen and oxygen atoms in total. The summed E-state index contributed by atoms with van der Waals surface area (Å²) in [4.78, 5) is 9.81. The minimum absolute atomic E-state index is 0.251. The number of benzene rings is 1. The topological polar surface area (TPSA) is 97.5 Å². The minimum atomic E-state index is -3.92. The zero-order valence-corrected chi connectivity index (χ0v) is 10.7. The molecule has 20 heavy (non-hydrogen) atoms. The van der Waals surface area contributed by atoms with Gasteiger partial charge in [-0.1, -0.05) is 5.16 Å². The number of aromatic nitrogens is 1. The molecule has 9 heteroatoms. The number of hydrogen-bond acceptors (Lipinski definition) is 5. The zero-order chi connectivity index (χ0) is 15.1. The van der Waals surface area contributed by atoms with Crippen molar-refractivity contribution in [3.8, 4) is 11.3 Å². The Hall–Kier alpha value is -2.29. The van der Waals surface area contributed by atoms with Gasteiger partial charge in [0.2, 0.25) is 5.76 Å². The lowest BCUT2D eigenvalue weighted by Crippen LogP contribution is -2.02. The van der Waals surface area contributed by atoms with Gasteiger partial charge < -0.3 is 9.63 Å². The molecule has 106 valence electrons. The van der Waals surface area contributed by atoms with E-state index in [4.69, 9.17) is 5.11 Å². The first kappa shape index (κ1) is 14.1. The average Bonchev–Trinajstić information content (AvgIpc) is 2.79. The van der Waals surface area contributed by atoms with E-state index in [1.807, 2.05) is 0 Å². The van der Waals surface area contributed by atoms with Gasteiger partial charge in [-0.25, -0.2) is 22.0 Å². The van der Waals surface area contributed by atoms with Crippen molar-refractivity contribution >= 4 is 15.8 Å². The highest BCUT2D eigenvalue weighted by Gasteiger charge is 2.21. The third kappa shape index (κ3) is 2.52. The molecule has 0 amide bonds. The predicted octanol–water partition coefficient (Wildman–Crippen LogP) is 1.72. The van der Waals surface area contributed by atoms with Gasteiger partial charge in [0.15, 0.2) is 9.84 Å². The standard InChI is InChI=1S/C11H7F2NO5S/c1-20(17,18)10-3-6(12)5(2-7(10)13)8-4-9(11(15)16)19-14-8/h2-4H,1H3,(H,15,16). The van der Waals surface area contributed by atoms with E-state index in [2.05, 4.69) is 9.68 Å². The third-order valence-corrected chi connectivity index (χ3v) is 3.53. The first-order valence-corrected chi connectivity index (χ1v) is 6.99. The van der Waals surface area contributed by atoms with Gasteiger partial charge in [0.25, 0.3) is 0 Å². The minimum Gasteiger partial charge on any atom is -0.475 e. The molecule has 0 radical (unpaired) electrons. The number of carbonyl (C=O) groups is 1. The Morgan fingerprint density at radius 2 is 1.90 bits per heavy atom. The maximum Gasteiger partial charge on any atom is 0.374 e. The van der Waals surface area contributed by atoms with E-state index in [0.717, 1.165) is 12.3 Å². The lowest BCUT2D eigenvalue weighted by atomic mass is 10.1. The quantitative estimate of drug-likeness (QED) is 0.927. The normalized spacial score (nSPS) is 11.6. The summed E-state index contributed by atoms with van der Waals surface area (Å²) in [6.45, 7) is 0. The van der Waals surface area contributed by atoms with Crippen LogP contribution in [-0.4, -0.2) is 30.9 Å². The Bertz CT molecular complexity index is 797. The van der Waals surface area contributed by atoms with Crippen molar-refractivity contribution < 1.29 is 31.6 Å². The molecule has 0 atom stereocenters. The molecule has 0 aliphatic rings. The number of rotatable bonds is 3. The molecular formula is C11H7F2NO5S. The summed E-state index contributed by atoms with van der Waals surface area (Å²) in [7, 11) is -3.92. The van der Waals surface area contributed by atoms with Crippen molar-refractivity contribution in [3.63, 3.8) is 0 Å². The summed E-state index contributed by atoms with van der Waals surface area (Å²) in [6.07, 6.45) is 0.739. The second-order valence-corrected chi connectivity index (χ2v) is 5.90. The Morgan fingerprint density at radius 1 is 1.25 bits per heavy atom. The first-order chi connectivity index (χ1) is 9.20. The van der Waals surface area contributed by atoms with Crippen LogP contribution in [0.5, 0.6) is 0 Å². The fourth-order valence-electron chi connectivity index (χ4n) is 1.51. The molecule has 0 aliphatic carbocycles. The molecule has 2 rings (SSSR count). The van der Waals surface area contributed by atoms with Crippen molar-refractivity contribution in [2.45, 2.75) is 4.90 Å². The average molecular weight is 303 g/mol. The van der Waals surface area contributed by atoms with Crippen molar-refractivity contribution in [2.75, 3.05) is 6.26 Å². The smallest absolute Gasteiger partial charge is 0.374 e. The molecular weight excluding hydrogens is 296 g/mol. The van der Waals surface area contributed by atoms with Gasteiger partial charge >= 0.3 is 5.97 Å². The Morgan fingerprint density at radius 3 is 2.40 bits per heavy atom. The summed E-state index contributed by atoms with van der Waals surface area (Å²) in [5.74, 6) is -4.19. The van der Waals surface area contributed by atoms with E-state index >= 15 is 0 Å². The highest BCUT2D eigenvalue weighted by Crippen LogP contribution is 2.27. The molecule has 0 aliphatic heterocycles. The number of carboxylic acid groups (broad SMARTS) is 1. The maximum absolute atomic E-state index is 13.8. The van der Waals surface area contributed by atoms with E-state index in [1.165, 1.54) is 0 Å². The van der Waals surface area contributed by atoms with Crippen molar-refractivity contribution in [2.24, 2.45) is 0 Å². The van der Waals surface area contributed by atoms with E-state index < -0.39 is 43.7 Å². The fraction of sp³-hybridized carbons (Fsp3) is 0.0909. The number of nitrogens with zero attached hydrogens (tertiary/aromatic N) is 1. The van der Waals surface area contributed by atoms with Crippen LogP contribution in [0.15, 0.2) is 27.6 Å². The summed E-state index contributed by atoms with van der Waals surface area (Å²) in [6, 6.07) is 2.03. The van der Waals surface area contributed by atoms with Gasteiger partial charge in [-0.2, -0.15) is 0 Å².